The number of nitrogens with one attached hydrogen (secondary N) is 1. The molecule has 0 bridgehead atoms. The molecule has 1 rings (SSSR count). The fourth-order valence-electron chi connectivity index (χ4n) is 2.28. The lowest BCUT2D eigenvalue weighted by atomic mass is 9.99. The van der Waals surface area contributed by atoms with Crippen LogP contribution >= 0.6 is 0 Å². The van der Waals surface area contributed by atoms with E-state index in [2.05, 4.69) is 5.32 Å². The van der Waals surface area contributed by atoms with Gasteiger partial charge in [0.2, 0.25) is 5.91 Å². The van der Waals surface area contributed by atoms with E-state index in [1.165, 1.54) is 7.11 Å². The Morgan fingerprint density at radius 3 is 2.67 bits per heavy atom. The van der Waals surface area contributed by atoms with Gasteiger partial charge >= 0.3 is 5.97 Å². The molecular weight excluding hydrogens is 232 g/mol. The summed E-state index contributed by atoms with van der Waals surface area (Å²) in [4.78, 5) is 25.3. The van der Waals surface area contributed by atoms with Crippen molar-refractivity contribution in [3.63, 3.8) is 0 Å². The summed E-state index contributed by atoms with van der Waals surface area (Å²) in [6.07, 6.45) is 0.924. The second-order valence-corrected chi connectivity index (χ2v) is 5.18. The van der Waals surface area contributed by atoms with Crippen LogP contribution in [0.3, 0.4) is 0 Å². The number of hydrogen-bond donors (Lipinski definition) is 1. The molecule has 3 unspecified atom stereocenters. The van der Waals surface area contributed by atoms with Crippen LogP contribution in [0.2, 0.25) is 0 Å². The number of hydrogen-bond acceptors (Lipinski definition) is 4. The third-order valence-electron chi connectivity index (χ3n) is 3.58. The minimum atomic E-state index is -0.174. The quantitative estimate of drug-likeness (QED) is 0.733. The van der Waals surface area contributed by atoms with Crippen LogP contribution in [0.1, 0.15) is 27.2 Å². The second kappa shape index (κ2) is 6.73. The van der Waals surface area contributed by atoms with Crippen molar-refractivity contribution in [1.29, 1.82) is 0 Å². The van der Waals surface area contributed by atoms with E-state index in [0.29, 0.717) is 13.1 Å². The molecule has 0 aliphatic carbocycles. The first-order chi connectivity index (χ1) is 8.47. The molecule has 1 fully saturated rings. The average molecular weight is 256 g/mol. The molecule has 1 aliphatic rings. The molecular formula is C13H24N2O3. The zero-order valence-electron chi connectivity index (χ0n) is 11.7. The van der Waals surface area contributed by atoms with Gasteiger partial charge in [0.05, 0.1) is 19.6 Å². The van der Waals surface area contributed by atoms with Crippen molar-refractivity contribution in [2.45, 2.75) is 33.2 Å². The zero-order valence-corrected chi connectivity index (χ0v) is 11.7. The Balaban J connectivity index is 2.42. The van der Waals surface area contributed by atoms with Gasteiger partial charge in [0.15, 0.2) is 0 Å². The summed E-state index contributed by atoms with van der Waals surface area (Å²) in [5.41, 5.74) is 0. The minimum Gasteiger partial charge on any atom is -0.469 e. The third kappa shape index (κ3) is 3.98. The Kier molecular flexibility index (Phi) is 5.59. The third-order valence-corrected chi connectivity index (χ3v) is 3.58. The molecule has 0 spiro atoms. The number of carbonyl (C=O) groups excluding carboxylic acids is 2. The van der Waals surface area contributed by atoms with Crippen LogP contribution in [0.15, 0.2) is 0 Å². The average Bonchev–Trinajstić information content (AvgIpc) is 2.68. The van der Waals surface area contributed by atoms with E-state index in [4.69, 9.17) is 4.74 Å². The first-order valence-corrected chi connectivity index (χ1v) is 6.57. The SMILES string of the molecule is CCC(C)NC(=O)CN1CC(C)C(C(=O)OC)C1. The Bertz CT molecular complexity index is 307. The van der Waals surface area contributed by atoms with Crippen LogP contribution < -0.4 is 5.32 Å². The van der Waals surface area contributed by atoms with Crippen LogP contribution in [-0.4, -0.2) is 49.6 Å². The highest BCUT2D eigenvalue weighted by Gasteiger charge is 2.36. The largest absolute Gasteiger partial charge is 0.469 e. The van der Waals surface area contributed by atoms with Crippen molar-refractivity contribution in [2.24, 2.45) is 11.8 Å². The first-order valence-electron chi connectivity index (χ1n) is 6.57. The second-order valence-electron chi connectivity index (χ2n) is 5.18. The van der Waals surface area contributed by atoms with E-state index in [0.717, 1.165) is 13.0 Å². The molecule has 1 aliphatic heterocycles. The molecule has 0 radical (unpaired) electrons. The van der Waals surface area contributed by atoms with Gasteiger partial charge in [0, 0.05) is 19.1 Å². The van der Waals surface area contributed by atoms with E-state index in [9.17, 15) is 9.59 Å². The number of esters is 1. The van der Waals surface area contributed by atoms with Crippen molar-refractivity contribution in [2.75, 3.05) is 26.7 Å². The Morgan fingerprint density at radius 1 is 1.44 bits per heavy atom. The number of nitrogens with zero attached hydrogens (tertiary/aromatic N) is 1. The van der Waals surface area contributed by atoms with E-state index in [1.807, 2.05) is 25.7 Å². The highest BCUT2D eigenvalue weighted by molar-refractivity contribution is 5.78. The topological polar surface area (TPSA) is 58.6 Å². The van der Waals surface area contributed by atoms with Gasteiger partial charge < -0.3 is 10.1 Å². The summed E-state index contributed by atoms with van der Waals surface area (Å²) in [6.45, 7) is 7.80. The van der Waals surface area contributed by atoms with Crippen molar-refractivity contribution in [3.05, 3.63) is 0 Å². The number of ether oxygens (including phenoxy) is 1. The molecule has 1 saturated heterocycles. The maximum absolute atomic E-state index is 11.8. The molecule has 5 nitrogen and oxygen atoms in total. The van der Waals surface area contributed by atoms with Gasteiger partial charge in [-0.15, -0.1) is 0 Å². The van der Waals surface area contributed by atoms with Gasteiger partial charge in [-0.3, -0.25) is 14.5 Å². The molecule has 5 heteroatoms. The van der Waals surface area contributed by atoms with Gasteiger partial charge in [-0.25, -0.2) is 0 Å². The summed E-state index contributed by atoms with van der Waals surface area (Å²) in [7, 11) is 1.41. The van der Waals surface area contributed by atoms with Crippen LogP contribution in [-0.2, 0) is 14.3 Å². The predicted molar refractivity (Wildman–Crippen MR) is 69.0 cm³/mol. The molecule has 0 aromatic carbocycles. The fourth-order valence-corrected chi connectivity index (χ4v) is 2.28. The molecule has 1 amide bonds. The van der Waals surface area contributed by atoms with Gasteiger partial charge in [0.25, 0.3) is 0 Å². The molecule has 0 aromatic heterocycles. The minimum absolute atomic E-state index is 0.0297. The van der Waals surface area contributed by atoms with E-state index in [-0.39, 0.29) is 29.8 Å². The van der Waals surface area contributed by atoms with Gasteiger partial charge in [-0.1, -0.05) is 13.8 Å². The van der Waals surface area contributed by atoms with E-state index in [1.54, 1.807) is 0 Å². The zero-order chi connectivity index (χ0) is 13.7. The predicted octanol–water partition coefficient (Wildman–Crippen LogP) is 0.642. The lowest BCUT2D eigenvalue weighted by Crippen LogP contribution is -2.40. The lowest BCUT2D eigenvalue weighted by molar-refractivity contribution is -0.146. The Labute approximate surface area is 109 Å². The van der Waals surface area contributed by atoms with Crippen LogP contribution in [0.5, 0.6) is 0 Å². The number of methoxy groups -OCH3 is 1. The molecule has 104 valence electrons. The Hall–Kier alpha value is -1.10. The molecule has 1 heterocycles. The summed E-state index contributed by atoms with van der Waals surface area (Å²) < 4.78 is 4.77. The van der Waals surface area contributed by atoms with Gasteiger partial charge in [-0.05, 0) is 19.3 Å². The molecule has 0 aromatic rings. The highest BCUT2D eigenvalue weighted by atomic mass is 16.5. The summed E-state index contributed by atoms with van der Waals surface area (Å²) in [5, 5.41) is 2.93. The fraction of sp³-hybridized carbons (Fsp3) is 0.846. The normalized spacial score (nSPS) is 25.8. The van der Waals surface area contributed by atoms with Crippen molar-refractivity contribution in [1.82, 2.24) is 10.2 Å². The van der Waals surface area contributed by atoms with Gasteiger partial charge in [0.1, 0.15) is 0 Å². The Morgan fingerprint density at radius 2 is 2.11 bits per heavy atom. The van der Waals surface area contributed by atoms with E-state index < -0.39 is 0 Å². The standard InChI is InChI=1S/C13H24N2O3/c1-5-10(3)14-12(16)8-15-6-9(2)11(7-15)13(17)18-4/h9-11H,5-8H2,1-4H3,(H,14,16). The number of amides is 1. The summed E-state index contributed by atoms with van der Waals surface area (Å²) in [6, 6.07) is 0.203. The van der Waals surface area contributed by atoms with Crippen molar-refractivity contribution in [3.8, 4) is 0 Å². The monoisotopic (exact) mass is 256 g/mol. The van der Waals surface area contributed by atoms with Crippen LogP contribution in [0, 0.1) is 11.8 Å². The summed E-state index contributed by atoms with van der Waals surface area (Å²) in [5.74, 6) is -0.00496. The number of carbonyl (C=O) groups is 2. The highest BCUT2D eigenvalue weighted by Crippen LogP contribution is 2.23. The molecule has 1 N–H and O–H groups in total. The van der Waals surface area contributed by atoms with Crippen molar-refractivity contribution < 1.29 is 14.3 Å². The lowest BCUT2D eigenvalue weighted by Gasteiger charge is -2.17. The molecule has 3 atom stereocenters. The van der Waals surface area contributed by atoms with Crippen LogP contribution in [0.4, 0.5) is 0 Å². The van der Waals surface area contributed by atoms with E-state index >= 15 is 0 Å². The van der Waals surface area contributed by atoms with Crippen LogP contribution in [0.25, 0.3) is 0 Å². The molecule has 18 heavy (non-hydrogen) atoms. The molecule has 0 saturated carbocycles. The smallest absolute Gasteiger partial charge is 0.310 e. The summed E-state index contributed by atoms with van der Waals surface area (Å²) >= 11 is 0. The first kappa shape index (κ1) is 15.0. The van der Waals surface area contributed by atoms with Gasteiger partial charge in [-0.2, -0.15) is 0 Å². The van der Waals surface area contributed by atoms with Crippen molar-refractivity contribution >= 4 is 11.9 Å². The number of rotatable bonds is 5. The maximum Gasteiger partial charge on any atom is 0.310 e. The maximum atomic E-state index is 11.8. The number of likely N-dealkylation sites (tertiary alicyclic amines) is 1.